The van der Waals surface area contributed by atoms with Crippen LogP contribution in [0.4, 0.5) is 0 Å². The van der Waals surface area contributed by atoms with Gasteiger partial charge in [0.05, 0.1) is 12.9 Å². The van der Waals surface area contributed by atoms with Crippen LogP contribution in [0.15, 0.2) is 52.8 Å². The van der Waals surface area contributed by atoms with Gasteiger partial charge in [-0.2, -0.15) is 0 Å². The summed E-state index contributed by atoms with van der Waals surface area (Å²) in [6.45, 7) is 3.25. The summed E-state index contributed by atoms with van der Waals surface area (Å²) < 4.78 is 0. The number of nitrogens with two attached hydrogens (primary N) is 5. The molecule has 5 aliphatic rings. The van der Waals surface area contributed by atoms with Gasteiger partial charge in [-0.05, 0) is 121 Å². The number of aliphatic imine (C=N–C) groups is 2. The highest BCUT2D eigenvalue weighted by atomic mass is 33.1. The Bertz CT molecular complexity index is 3490. The number of aromatic amines is 1. The van der Waals surface area contributed by atoms with E-state index in [1.165, 1.54) is 27.2 Å². The number of carbonyl (C=O) groups is 14. The predicted octanol–water partition coefficient (Wildman–Crippen LogP) is -4.41. The fraction of sp³-hybridized carbons (Fsp3) is 0.632. The van der Waals surface area contributed by atoms with Gasteiger partial charge in [-0.1, -0.05) is 65.8 Å². The van der Waals surface area contributed by atoms with E-state index < -0.39 is 156 Å². The molecule has 0 unspecified atom stereocenters. The van der Waals surface area contributed by atoms with E-state index in [9.17, 15) is 53.1 Å². The second-order valence-electron chi connectivity index (χ2n) is 27.5. The summed E-state index contributed by atoms with van der Waals surface area (Å²) in [5, 5.41) is 37.7. The number of carboxylic acids is 1. The molecule has 37 nitrogen and oxygen atoms in total. The first-order valence-electron chi connectivity index (χ1n) is 36.4. The van der Waals surface area contributed by atoms with Gasteiger partial charge in [-0.3, -0.25) is 72.3 Å². The van der Waals surface area contributed by atoms with E-state index in [-0.39, 0.29) is 171 Å². The van der Waals surface area contributed by atoms with Crippen LogP contribution in [-0.4, -0.2) is 254 Å². The monoisotopic (exact) mass is 1530 g/mol. The number of amides is 13. The smallest absolute Gasteiger partial charge is 0.326 e. The third-order valence-electron chi connectivity index (χ3n) is 18.9. The molecule has 7 rings (SSSR count). The van der Waals surface area contributed by atoms with Crippen LogP contribution < -0.4 is 81.8 Å². The number of carbonyl (C=O) groups excluding carboxylic acids is 13. The first kappa shape index (κ1) is 84.5. The summed E-state index contributed by atoms with van der Waals surface area (Å²) in [5.74, 6) is -12.4. The summed E-state index contributed by atoms with van der Waals surface area (Å²) in [4.78, 5) is 221. The van der Waals surface area contributed by atoms with Gasteiger partial charge in [0.15, 0.2) is 11.9 Å². The van der Waals surface area contributed by atoms with E-state index in [0.717, 1.165) is 21.6 Å². The van der Waals surface area contributed by atoms with Crippen LogP contribution in [0.3, 0.4) is 0 Å². The van der Waals surface area contributed by atoms with E-state index in [4.69, 9.17) is 28.7 Å². The molecule has 0 radical (unpaired) electrons. The van der Waals surface area contributed by atoms with Crippen LogP contribution >= 0.6 is 21.6 Å². The Morgan fingerprint density at radius 3 is 2.00 bits per heavy atom. The molecule has 0 spiro atoms. The number of fused-ring (bicyclic) bond motifs is 6. The van der Waals surface area contributed by atoms with Crippen molar-refractivity contribution in [2.75, 3.05) is 57.3 Å². The van der Waals surface area contributed by atoms with Gasteiger partial charge < -0.3 is 107 Å². The number of hydrogen-bond acceptors (Lipinski definition) is 20. The zero-order chi connectivity index (χ0) is 77.7. The van der Waals surface area contributed by atoms with Gasteiger partial charge in [-0.25, -0.2) is 9.78 Å². The second-order valence-corrected chi connectivity index (χ2v) is 30.1. The number of hydrogen-bond donors (Lipinski definition) is 17. The highest BCUT2D eigenvalue weighted by Gasteiger charge is 2.44. The van der Waals surface area contributed by atoms with Crippen LogP contribution in [0.5, 0.6) is 0 Å². The van der Waals surface area contributed by atoms with Crippen LogP contribution in [0.2, 0.25) is 0 Å². The first-order chi connectivity index (χ1) is 51.2. The molecule has 13 amide bonds. The maximum atomic E-state index is 16.1. The lowest BCUT2D eigenvalue weighted by Gasteiger charge is -2.35. The summed E-state index contributed by atoms with van der Waals surface area (Å²) in [5.41, 5.74) is 29.2. The van der Waals surface area contributed by atoms with E-state index in [2.05, 4.69) is 73.1 Å². The molecule has 5 saturated heterocycles. The van der Waals surface area contributed by atoms with Crippen molar-refractivity contribution in [3.05, 3.63) is 54.1 Å². The third-order valence-corrected chi connectivity index (χ3v) is 21.3. The standard InChI is InChI=1S/C68H104N22O15S2/c1-38(2)30-46(84-56(94)43(18-10-25-75-67(70)71)82-62(100)51-21-13-29-89(51)64(102)45(19-11-26-76-68(72)73)83-58(96)44-22-23-53(91)79-44)59(97)87-49-36-107-106-35-48(60(98)85-47(66(104)105)31-39-14-4-3-5-15-39)86-57(95)42-17-7-9-27-90(65(49)103)52(32-40-33-74-37-78-40)63(101)80-41(16-6-8-24-69)55(93)77-34-54(92)88-28-12-20-50(88)61(99)81-42/h3-5,14-15,33,37-38,41-52H,6-13,16-32,34-36,69H2,1-2H3,(H,74,78)(H,77,93)(H,79,91)(H,80,101)(H,81,99)(H,82,100)(H,83,96)(H,84,94)(H,85,98)(H,86,95)(H,87,97)(H,104,105)(H4,70,71,75)(H4,72,73,76)/t41-,42+,43+,44-,45+,46-,47-,48+,49+,50-,51-,52-/m1/s1. The molecule has 6 heterocycles. The van der Waals surface area contributed by atoms with Crippen molar-refractivity contribution >= 4 is 116 Å². The molecule has 2 bridgehead atoms. The number of guanidine groups is 2. The molecule has 1 aromatic carbocycles. The summed E-state index contributed by atoms with van der Waals surface area (Å²) in [6, 6.07) is -7.54. The number of aliphatic carboxylic acids is 1. The first-order valence-corrected chi connectivity index (χ1v) is 38.9. The lowest BCUT2D eigenvalue weighted by molar-refractivity contribution is -0.144. The zero-order valence-corrected chi connectivity index (χ0v) is 62.0. The van der Waals surface area contributed by atoms with E-state index in [1.807, 2.05) is 0 Å². The van der Waals surface area contributed by atoms with Crippen LogP contribution in [0.25, 0.3) is 0 Å². The highest BCUT2D eigenvalue weighted by molar-refractivity contribution is 8.76. The largest absolute Gasteiger partial charge is 0.480 e. The maximum absolute atomic E-state index is 16.1. The number of nitrogens with zero attached hydrogens (tertiary/aromatic N) is 6. The minimum absolute atomic E-state index is 0.00155. The quantitative estimate of drug-likeness (QED) is 0.0152. The van der Waals surface area contributed by atoms with Crippen LogP contribution in [0.1, 0.15) is 134 Å². The van der Waals surface area contributed by atoms with Gasteiger partial charge in [0.1, 0.15) is 72.5 Å². The number of unbranched alkanes of at least 4 members (excludes halogenated alkanes) is 1. The van der Waals surface area contributed by atoms with Crippen LogP contribution in [0, 0.1) is 5.92 Å². The SMILES string of the molecule is CC(C)C[C@@H](NC(=O)[C@H](CCCN=C(N)N)NC(=O)[C@H]1CCCN1C(=O)[C@H](CCCN=C(N)N)NC(=O)[C@H]1CCC(=O)N1)C(=O)N[C@H]1CSSC[C@@H](C(=O)N[C@H](Cc2ccccc2)C(=O)O)NC(=O)[C@@H]2CCCCN(C1=O)[C@H](Cc1cnc[nH]1)C(=O)N[C@H](CCCCN)C(=O)NCC(=O)N1CCC[C@@H]1C(=O)N2. The zero-order valence-electron chi connectivity index (χ0n) is 60.4. The van der Waals surface area contributed by atoms with Crippen molar-refractivity contribution < 1.29 is 72.2 Å². The van der Waals surface area contributed by atoms with E-state index >= 15 is 19.2 Å². The van der Waals surface area contributed by atoms with Gasteiger partial charge >= 0.3 is 5.97 Å². The van der Waals surface area contributed by atoms with Gasteiger partial charge in [0.25, 0.3) is 0 Å². The fourth-order valence-electron chi connectivity index (χ4n) is 13.3. The molecular formula is C68H104N22O15S2. The van der Waals surface area contributed by atoms with Crippen molar-refractivity contribution in [2.45, 2.75) is 208 Å². The minimum Gasteiger partial charge on any atom is -0.480 e. The Kier molecular flexibility index (Phi) is 33.6. The van der Waals surface area contributed by atoms with Gasteiger partial charge in [0.2, 0.25) is 76.8 Å². The molecule has 5 fully saturated rings. The number of imidazole rings is 1. The number of nitrogens with one attached hydrogen (secondary N) is 11. The number of aromatic nitrogens is 2. The summed E-state index contributed by atoms with van der Waals surface area (Å²) >= 11 is 0. The molecule has 107 heavy (non-hydrogen) atoms. The van der Waals surface area contributed by atoms with Crippen molar-refractivity contribution in [2.24, 2.45) is 44.6 Å². The molecule has 2 aromatic rings. The topological polar surface area (TPSA) is 573 Å². The Morgan fingerprint density at radius 2 is 1.34 bits per heavy atom. The Morgan fingerprint density at radius 1 is 0.664 bits per heavy atom. The number of likely N-dealkylation sites (tertiary alicyclic amines) is 1. The van der Waals surface area contributed by atoms with Crippen molar-refractivity contribution in [1.29, 1.82) is 0 Å². The maximum Gasteiger partial charge on any atom is 0.326 e. The summed E-state index contributed by atoms with van der Waals surface area (Å²) in [7, 11) is 1.90. The highest BCUT2D eigenvalue weighted by Crippen LogP contribution is 2.27. The number of benzene rings is 1. The lowest BCUT2D eigenvalue weighted by atomic mass is 10.0. The van der Waals surface area contributed by atoms with Crippen molar-refractivity contribution in [3.8, 4) is 0 Å². The Labute approximate surface area is 627 Å². The average molecular weight is 1530 g/mol. The van der Waals surface area contributed by atoms with E-state index in [0.29, 0.717) is 36.9 Å². The van der Waals surface area contributed by atoms with E-state index in [1.54, 1.807) is 44.2 Å². The molecule has 39 heteroatoms. The molecule has 0 aliphatic carbocycles. The average Bonchev–Trinajstić information content (AvgIpc) is 1.80. The third kappa shape index (κ3) is 26.3. The lowest BCUT2D eigenvalue weighted by Crippen LogP contribution is -2.62. The fourth-order valence-corrected chi connectivity index (χ4v) is 15.6. The molecular weight excluding hydrogens is 1430 g/mol. The molecule has 5 aliphatic heterocycles. The Balaban J connectivity index is 1.24. The van der Waals surface area contributed by atoms with Gasteiger partial charge in [0, 0.05) is 75.4 Å². The minimum atomic E-state index is -1.61. The molecule has 0 saturated carbocycles. The second kappa shape index (κ2) is 42.5. The molecule has 1 aromatic heterocycles. The van der Waals surface area contributed by atoms with Crippen molar-refractivity contribution in [1.82, 2.24) is 77.8 Å². The predicted molar refractivity (Wildman–Crippen MR) is 396 cm³/mol. The van der Waals surface area contributed by atoms with Crippen LogP contribution in [-0.2, 0) is 80.0 Å². The summed E-state index contributed by atoms with van der Waals surface area (Å²) in [6.07, 6.45) is 4.71. The Hall–Kier alpha value is -9.79. The molecule has 22 N–H and O–H groups in total. The molecule has 12 atom stereocenters. The normalized spacial score (nSPS) is 23.2. The number of rotatable bonds is 30. The van der Waals surface area contributed by atoms with Crippen molar-refractivity contribution in [3.63, 3.8) is 0 Å². The number of H-pyrrole nitrogens is 1. The van der Waals surface area contributed by atoms with Gasteiger partial charge in [-0.15, -0.1) is 0 Å². The molecule has 588 valence electrons. The number of carboxylic acid groups (broad SMARTS) is 1.